The lowest BCUT2D eigenvalue weighted by molar-refractivity contribution is 0.0938. The Bertz CT molecular complexity index is 438. The summed E-state index contributed by atoms with van der Waals surface area (Å²) in [6.45, 7) is 5.84. The van der Waals surface area contributed by atoms with Crippen LogP contribution in [0.5, 0.6) is 0 Å². The Morgan fingerprint density at radius 1 is 1.58 bits per heavy atom. The van der Waals surface area contributed by atoms with Gasteiger partial charge in [-0.2, -0.15) is 0 Å². The highest BCUT2D eigenvalue weighted by Gasteiger charge is 2.42. The lowest BCUT2D eigenvalue weighted by Crippen LogP contribution is -2.31. The molecule has 0 unspecified atom stereocenters. The molecule has 1 fully saturated rings. The van der Waals surface area contributed by atoms with Gasteiger partial charge in [0.25, 0.3) is 5.91 Å². The van der Waals surface area contributed by atoms with Crippen LogP contribution in [0.4, 0.5) is 0 Å². The second kappa shape index (κ2) is 6.01. The Morgan fingerprint density at radius 3 is 2.89 bits per heavy atom. The summed E-state index contributed by atoms with van der Waals surface area (Å²) in [5, 5.41) is 5.80. The highest BCUT2D eigenvalue weighted by molar-refractivity contribution is 7.09. The first kappa shape index (κ1) is 14.5. The van der Waals surface area contributed by atoms with Crippen molar-refractivity contribution < 1.29 is 4.79 Å². The summed E-state index contributed by atoms with van der Waals surface area (Å²) in [5.41, 5.74) is 6.38. The third kappa shape index (κ3) is 4.01. The van der Waals surface area contributed by atoms with Gasteiger partial charge in [-0.3, -0.25) is 4.79 Å². The van der Waals surface area contributed by atoms with E-state index in [-0.39, 0.29) is 5.91 Å². The van der Waals surface area contributed by atoms with Crippen LogP contribution in [0.3, 0.4) is 0 Å². The zero-order chi connectivity index (χ0) is 13.9. The van der Waals surface area contributed by atoms with Gasteiger partial charge in [-0.25, -0.2) is 4.98 Å². The smallest absolute Gasteiger partial charge is 0.270 e. The molecular weight excluding hydrogens is 258 g/mol. The SMILES string of the molecule is CC(C)CC1(CNC(=O)c2csc(CCN)n2)CC1. The van der Waals surface area contributed by atoms with Crippen molar-refractivity contribution in [2.24, 2.45) is 17.1 Å². The Hall–Kier alpha value is -0.940. The van der Waals surface area contributed by atoms with Crippen LogP contribution in [0.15, 0.2) is 5.38 Å². The molecule has 1 aliphatic carbocycles. The Morgan fingerprint density at radius 2 is 2.32 bits per heavy atom. The predicted molar refractivity (Wildman–Crippen MR) is 78.3 cm³/mol. The molecule has 106 valence electrons. The number of amides is 1. The summed E-state index contributed by atoms with van der Waals surface area (Å²) in [5.74, 6) is 0.643. The number of rotatable bonds is 7. The molecule has 0 aliphatic heterocycles. The van der Waals surface area contributed by atoms with E-state index in [0.717, 1.165) is 18.0 Å². The standard InChI is InChI=1S/C14H23N3OS/c1-10(2)7-14(4-5-14)9-16-13(18)11-8-19-12(17-11)3-6-15/h8,10H,3-7,9,15H2,1-2H3,(H,16,18). The molecule has 0 spiro atoms. The van der Waals surface area contributed by atoms with E-state index in [1.165, 1.54) is 30.6 Å². The molecule has 1 heterocycles. The summed E-state index contributed by atoms with van der Waals surface area (Å²) in [4.78, 5) is 16.3. The van der Waals surface area contributed by atoms with Gasteiger partial charge in [0.2, 0.25) is 0 Å². The molecule has 0 saturated heterocycles. The molecular formula is C14H23N3OS. The number of carbonyl (C=O) groups is 1. The van der Waals surface area contributed by atoms with Gasteiger partial charge in [0, 0.05) is 18.3 Å². The molecule has 0 radical (unpaired) electrons. The van der Waals surface area contributed by atoms with Crippen LogP contribution < -0.4 is 11.1 Å². The van der Waals surface area contributed by atoms with E-state index in [1.54, 1.807) is 0 Å². The molecule has 0 bridgehead atoms. The van der Waals surface area contributed by atoms with Gasteiger partial charge in [-0.05, 0) is 37.1 Å². The first-order valence-corrected chi connectivity index (χ1v) is 7.85. The van der Waals surface area contributed by atoms with Crippen LogP contribution in [-0.2, 0) is 6.42 Å². The monoisotopic (exact) mass is 281 g/mol. The van der Waals surface area contributed by atoms with Crippen molar-refractivity contribution >= 4 is 17.2 Å². The largest absolute Gasteiger partial charge is 0.350 e. The number of carbonyl (C=O) groups excluding carboxylic acids is 1. The second-order valence-corrected chi connectivity index (χ2v) is 6.89. The number of hydrogen-bond donors (Lipinski definition) is 2. The highest BCUT2D eigenvalue weighted by Crippen LogP contribution is 2.50. The number of hydrogen-bond acceptors (Lipinski definition) is 4. The summed E-state index contributed by atoms with van der Waals surface area (Å²) in [6.07, 6.45) is 4.42. The van der Waals surface area contributed by atoms with E-state index in [1.807, 2.05) is 5.38 Å². The summed E-state index contributed by atoms with van der Waals surface area (Å²) in [7, 11) is 0. The van der Waals surface area contributed by atoms with Crippen molar-refractivity contribution in [1.82, 2.24) is 10.3 Å². The lowest BCUT2D eigenvalue weighted by atomic mass is 9.94. The van der Waals surface area contributed by atoms with Crippen LogP contribution in [0.25, 0.3) is 0 Å². The van der Waals surface area contributed by atoms with Crippen molar-refractivity contribution in [2.45, 2.75) is 39.5 Å². The van der Waals surface area contributed by atoms with E-state index >= 15 is 0 Å². The number of nitrogens with zero attached hydrogens (tertiary/aromatic N) is 1. The molecule has 19 heavy (non-hydrogen) atoms. The summed E-state index contributed by atoms with van der Waals surface area (Å²) in [6, 6.07) is 0. The van der Waals surface area contributed by atoms with Crippen molar-refractivity contribution in [3.63, 3.8) is 0 Å². The molecule has 1 amide bonds. The van der Waals surface area contributed by atoms with Gasteiger partial charge in [-0.1, -0.05) is 13.8 Å². The topological polar surface area (TPSA) is 68.0 Å². The minimum absolute atomic E-state index is 0.0467. The normalized spacial score (nSPS) is 16.6. The Labute approximate surface area is 118 Å². The fourth-order valence-electron chi connectivity index (χ4n) is 2.51. The van der Waals surface area contributed by atoms with Crippen LogP contribution in [0, 0.1) is 11.3 Å². The number of nitrogens with one attached hydrogen (secondary N) is 1. The molecule has 1 aromatic rings. The van der Waals surface area contributed by atoms with Gasteiger partial charge in [0.1, 0.15) is 5.69 Å². The molecule has 0 atom stereocenters. The van der Waals surface area contributed by atoms with Crippen LogP contribution >= 0.6 is 11.3 Å². The fourth-order valence-corrected chi connectivity index (χ4v) is 3.30. The Kier molecular flexibility index (Phi) is 4.58. The third-order valence-corrected chi connectivity index (χ3v) is 4.47. The van der Waals surface area contributed by atoms with E-state index in [0.29, 0.717) is 23.6 Å². The molecule has 3 N–H and O–H groups in total. The average molecular weight is 281 g/mol. The second-order valence-electron chi connectivity index (χ2n) is 5.95. The van der Waals surface area contributed by atoms with Gasteiger partial charge in [0.05, 0.1) is 5.01 Å². The van der Waals surface area contributed by atoms with Crippen molar-refractivity contribution in [3.8, 4) is 0 Å². The van der Waals surface area contributed by atoms with Gasteiger partial charge in [0.15, 0.2) is 0 Å². The van der Waals surface area contributed by atoms with E-state index < -0.39 is 0 Å². The summed E-state index contributed by atoms with van der Waals surface area (Å²) >= 11 is 1.51. The molecule has 5 heteroatoms. The van der Waals surface area contributed by atoms with E-state index in [9.17, 15) is 4.79 Å². The predicted octanol–water partition coefficient (Wildman–Crippen LogP) is 2.20. The molecule has 1 aromatic heterocycles. The molecule has 1 saturated carbocycles. The van der Waals surface area contributed by atoms with Gasteiger partial charge in [-0.15, -0.1) is 11.3 Å². The quantitative estimate of drug-likeness (QED) is 0.805. The average Bonchev–Trinajstić information content (AvgIpc) is 2.93. The van der Waals surface area contributed by atoms with Gasteiger partial charge < -0.3 is 11.1 Å². The van der Waals surface area contributed by atoms with Crippen molar-refractivity contribution in [1.29, 1.82) is 0 Å². The first-order chi connectivity index (χ1) is 9.04. The maximum Gasteiger partial charge on any atom is 0.270 e. The molecule has 2 rings (SSSR count). The Balaban J connectivity index is 1.84. The third-order valence-electron chi connectivity index (χ3n) is 3.56. The fraction of sp³-hybridized carbons (Fsp3) is 0.714. The van der Waals surface area contributed by atoms with Crippen LogP contribution in [0.1, 0.15) is 48.6 Å². The highest BCUT2D eigenvalue weighted by atomic mass is 32.1. The number of aromatic nitrogens is 1. The van der Waals surface area contributed by atoms with Crippen LogP contribution in [0.2, 0.25) is 0 Å². The van der Waals surface area contributed by atoms with Crippen molar-refractivity contribution in [3.05, 3.63) is 16.1 Å². The van der Waals surface area contributed by atoms with Crippen LogP contribution in [-0.4, -0.2) is 24.0 Å². The minimum Gasteiger partial charge on any atom is -0.350 e. The molecule has 0 aromatic carbocycles. The van der Waals surface area contributed by atoms with E-state index in [2.05, 4.69) is 24.1 Å². The molecule has 1 aliphatic rings. The van der Waals surface area contributed by atoms with E-state index in [4.69, 9.17) is 5.73 Å². The number of nitrogens with two attached hydrogens (primary N) is 1. The maximum absolute atomic E-state index is 12.0. The molecule has 4 nitrogen and oxygen atoms in total. The lowest BCUT2D eigenvalue weighted by Gasteiger charge is -2.17. The zero-order valence-corrected chi connectivity index (χ0v) is 12.6. The number of thiazole rings is 1. The first-order valence-electron chi connectivity index (χ1n) is 6.97. The minimum atomic E-state index is -0.0467. The van der Waals surface area contributed by atoms with Crippen molar-refractivity contribution in [2.75, 3.05) is 13.1 Å². The van der Waals surface area contributed by atoms with Gasteiger partial charge >= 0.3 is 0 Å². The summed E-state index contributed by atoms with van der Waals surface area (Å²) < 4.78 is 0. The maximum atomic E-state index is 12.0. The zero-order valence-electron chi connectivity index (χ0n) is 11.7.